The van der Waals surface area contributed by atoms with Crippen LogP contribution in [0.5, 0.6) is 0 Å². The third kappa shape index (κ3) is 8.64. The zero-order valence-corrected chi connectivity index (χ0v) is 33.3. The Morgan fingerprint density at radius 2 is 1.26 bits per heavy atom. The summed E-state index contributed by atoms with van der Waals surface area (Å²) in [5.74, 6) is 0.587. The molecular weight excluding hydrogens is 679 g/mol. The maximum absolute atomic E-state index is 3.78. The summed E-state index contributed by atoms with van der Waals surface area (Å²) >= 11 is 0. The first-order chi connectivity index (χ1) is 20.3. The van der Waals surface area contributed by atoms with Gasteiger partial charge in [0.25, 0.3) is 0 Å². The molecule has 0 nitrogen and oxygen atoms in total. The Kier molecular flexibility index (Phi) is 14.2. The maximum atomic E-state index is 3.78. The van der Waals surface area contributed by atoms with Crippen LogP contribution >= 0.6 is 0 Å². The van der Waals surface area contributed by atoms with Crippen LogP contribution in [0.2, 0.25) is 0 Å². The van der Waals surface area contributed by atoms with Crippen LogP contribution in [0.25, 0.3) is 33.4 Å². The van der Waals surface area contributed by atoms with Gasteiger partial charge < -0.3 is 24.8 Å². The monoisotopic (exact) mass is 724 g/mol. The van der Waals surface area contributed by atoms with Crippen LogP contribution in [-0.4, -0.2) is 0 Å². The van der Waals surface area contributed by atoms with E-state index in [9.17, 15) is 0 Å². The molecule has 4 aromatic carbocycles. The van der Waals surface area contributed by atoms with Crippen LogP contribution in [-0.2, 0) is 32.6 Å². The van der Waals surface area contributed by atoms with E-state index < -0.39 is 0 Å². The van der Waals surface area contributed by atoms with Gasteiger partial charge in [-0.25, -0.2) is 6.08 Å². The quantitative estimate of drug-likeness (QED) is 0.200. The first-order valence-corrected chi connectivity index (χ1v) is 16.0. The third-order valence-corrected chi connectivity index (χ3v) is 9.00. The topological polar surface area (TPSA) is 0 Å². The molecule has 0 heterocycles. The summed E-state index contributed by atoms with van der Waals surface area (Å²) in [4.78, 5) is 0. The van der Waals surface area contributed by atoms with Gasteiger partial charge in [-0.1, -0.05) is 133 Å². The number of hydrogen-bond acceptors (Lipinski definition) is 0. The Morgan fingerprint density at radius 1 is 0.717 bits per heavy atom. The number of benzene rings is 4. The van der Waals surface area contributed by atoms with Gasteiger partial charge in [0, 0.05) is 0 Å². The van der Waals surface area contributed by atoms with E-state index in [1.165, 1.54) is 96.3 Å². The van der Waals surface area contributed by atoms with Crippen LogP contribution in [0.1, 0.15) is 85.0 Å². The molecule has 46 heavy (non-hydrogen) atoms. The van der Waals surface area contributed by atoms with Crippen molar-refractivity contribution in [2.75, 3.05) is 0 Å². The standard InChI is InChI=1S/C31H29.C12H19.2ClH.Zr/c1-18-11-20(3)30(21(4)12-18)24-7-9-28-26(15-24)17-27-16-25(8-10-29(27)28)31-22(5)13-19(2)14-23(31)6;1-5-6-10-7-8-11(9-10)12(2,3)4;;;/h7-15H,17H2,1-6H3;8-10H,5-6H2,1-4H3;2*1H;/q2*-1;;;+4/p-2. The molecule has 0 fully saturated rings. The smallest absolute Gasteiger partial charge is 1.00 e. The molecule has 0 aromatic heterocycles. The van der Waals surface area contributed by atoms with Crippen molar-refractivity contribution in [1.82, 2.24) is 0 Å². The normalized spacial score (nSPS) is 14.1. The summed E-state index contributed by atoms with van der Waals surface area (Å²) in [5, 5.41) is 0. The summed E-state index contributed by atoms with van der Waals surface area (Å²) < 4.78 is 0. The van der Waals surface area contributed by atoms with E-state index >= 15 is 0 Å². The van der Waals surface area contributed by atoms with Gasteiger partial charge in [0.05, 0.1) is 0 Å². The second-order valence-electron chi connectivity index (χ2n) is 13.9. The molecule has 0 spiro atoms. The van der Waals surface area contributed by atoms with Crippen LogP contribution < -0.4 is 24.8 Å². The first kappa shape index (κ1) is 40.0. The Bertz CT molecular complexity index is 1600. The average Bonchev–Trinajstić information content (AvgIpc) is 3.52. The molecule has 0 N–H and O–H groups in total. The van der Waals surface area contributed by atoms with Crippen LogP contribution in [0.4, 0.5) is 0 Å². The van der Waals surface area contributed by atoms with Crippen LogP contribution in [0.15, 0.2) is 72.3 Å². The minimum Gasteiger partial charge on any atom is -1.00 e. The molecule has 0 bridgehead atoms. The molecule has 238 valence electrons. The molecule has 0 saturated heterocycles. The number of allylic oxidation sites excluding steroid dienone is 4. The summed E-state index contributed by atoms with van der Waals surface area (Å²) in [5.41, 5.74) is 20.4. The Morgan fingerprint density at radius 3 is 1.78 bits per heavy atom. The molecule has 6 rings (SSSR count). The van der Waals surface area contributed by atoms with Crippen molar-refractivity contribution in [3.8, 4) is 33.4 Å². The molecule has 0 radical (unpaired) electrons. The number of halogens is 2. The van der Waals surface area contributed by atoms with E-state index in [1.807, 2.05) is 0 Å². The van der Waals surface area contributed by atoms with Gasteiger partial charge >= 0.3 is 26.2 Å². The molecule has 0 amide bonds. The molecule has 1 unspecified atom stereocenters. The van der Waals surface area contributed by atoms with Gasteiger partial charge in [0.2, 0.25) is 0 Å². The summed E-state index contributed by atoms with van der Waals surface area (Å²) in [6.45, 7) is 22.2. The third-order valence-electron chi connectivity index (χ3n) is 9.00. The van der Waals surface area contributed by atoms with E-state index in [4.69, 9.17) is 0 Å². The molecule has 2 aliphatic rings. The predicted octanol–water partition coefficient (Wildman–Crippen LogP) is 6.00. The summed E-state index contributed by atoms with van der Waals surface area (Å²) in [6.07, 6.45) is 11.4. The van der Waals surface area contributed by atoms with Crippen LogP contribution in [0.3, 0.4) is 0 Å². The van der Waals surface area contributed by atoms with Gasteiger partial charge in [-0.3, -0.25) is 6.08 Å². The number of fused-ring (bicyclic) bond motifs is 3. The largest absolute Gasteiger partial charge is 4.00 e. The predicted molar refractivity (Wildman–Crippen MR) is 187 cm³/mol. The van der Waals surface area contributed by atoms with Gasteiger partial charge in [0.15, 0.2) is 0 Å². The SMILES string of the molecule is CCCC1[C-]=CC(C(C)(C)C)=C1.Cc1cc(C)c(-c2[c-]c3c(cc2)-c2ccc(-c4c(C)cc(C)cc4C)cc2C3)c(C)c1.[Cl-].[Cl-].[Zr+4]. The van der Waals surface area contributed by atoms with E-state index in [1.54, 1.807) is 0 Å². The van der Waals surface area contributed by atoms with Gasteiger partial charge in [-0.2, -0.15) is 11.6 Å². The number of aryl methyl sites for hydroxylation is 6. The number of rotatable bonds is 4. The Hall–Kier alpha value is -2.18. The first-order valence-electron chi connectivity index (χ1n) is 16.0. The van der Waals surface area contributed by atoms with Crippen molar-refractivity contribution in [3.63, 3.8) is 0 Å². The van der Waals surface area contributed by atoms with E-state index in [2.05, 4.69) is 148 Å². The summed E-state index contributed by atoms with van der Waals surface area (Å²) in [7, 11) is 0. The Labute approximate surface area is 311 Å². The fraction of sp³-hybridized carbons (Fsp3) is 0.349. The molecule has 0 saturated carbocycles. The van der Waals surface area contributed by atoms with Crippen LogP contribution in [0, 0.1) is 65.0 Å². The zero-order valence-electron chi connectivity index (χ0n) is 29.3. The maximum Gasteiger partial charge on any atom is 4.00 e. The van der Waals surface area contributed by atoms with Gasteiger partial charge in [-0.15, -0.1) is 29.3 Å². The Balaban J connectivity index is 0.000000421. The van der Waals surface area contributed by atoms with Crippen molar-refractivity contribution in [2.45, 2.75) is 88.5 Å². The molecule has 4 aromatic rings. The summed E-state index contributed by atoms with van der Waals surface area (Å²) in [6, 6.07) is 24.5. The second-order valence-corrected chi connectivity index (χ2v) is 13.9. The molecule has 0 aliphatic heterocycles. The van der Waals surface area contributed by atoms with E-state index in [0.29, 0.717) is 11.3 Å². The van der Waals surface area contributed by atoms with Crippen molar-refractivity contribution in [1.29, 1.82) is 0 Å². The van der Waals surface area contributed by atoms with Gasteiger partial charge in [0.1, 0.15) is 0 Å². The zero-order chi connectivity index (χ0) is 31.1. The van der Waals surface area contributed by atoms with E-state index in [0.717, 1.165) is 6.42 Å². The van der Waals surface area contributed by atoms with Crippen molar-refractivity contribution >= 4 is 0 Å². The average molecular weight is 727 g/mol. The van der Waals surface area contributed by atoms with Crippen molar-refractivity contribution < 1.29 is 51.0 Å². The molecule has 1 atom stereocenters. The second kappa shape index (κ2) is 16.3. The molecular formula is C43H48Cl2Zr. The molecule has 2 aliphatic carbocycles. The van der Waals surface area contributed by atoms with Crippen molar-refractivity contribution in [3.05, 3.63) is 129 Å². The molecule has 3 heteroatoms. The van der Waals surface area contributed by atoms with Gasteiger partial charge in [-0.05, 0) is 75.8 Å². The minimum atomic E-state index is 0. The minimum absolute atomic E-state index is 0. The fourth-order valence-electron chi connectivity index (χ4n) is 7.12. The van der Waals surface area contributed by atoms with E-state index in [-0.39, 0.29) is 51.0 Å². The fourth-order valence-corrected chi connectivity index (χ4v) is 7.12. The number of hydrogen-bond donors (Lipinski definition) is 0. The van der Waals surface area contributed by atoms with Crippen molar-refractivity contribution in [2.24, 2.45) is 11.3 Å².